The maximum Gasteiger partial charge on any atom is 0.216 e. The molecule has 0 aliphatic carbocycles. The Bertz CT molecular complexity index is 730. The fourth-order valence-corrected chi connectivity index (χ4v) is 4.23. The smallest absolute Gasteiger partial charge is 0.216 e. The van der Waals surface area contributed by atoms with Gasteiger partial charge in [0.15, 0.2) is 5.96 Å². The van der Waals surface area contributed by atoms with Gasteiger partial charge in [-0.25, -0.2) is 8.42 Å². The molecule has 1 aromatic carbocycles. The van der Waals surface area contributed by atoms with Crippen LogP contribution in [0.1, 0.15) is 25.0 Å². The SMILES string of the molecule is Cc1ccc(NC(N)=NCCS(=O)(=O)N2CC(C)OC(C)C2)cc1C.I. The molecule has 2 atom stereocenters. The van der Waals surface area contributed by atoms with Crippen LogP contribution in [0.5, 0.6) is 0 Å². The number of rotatable bonds is 5. The molecule has 0 bridgehead atoms. The summed E-state index contributed by atoms with van der Waals surface area (Å²) in [6.45, 7) is 8.69. The van der Waals surface area contributed by atoms with Gasteiger partial charge in [-0.15, -0.1) is 24.0 Å². The molecule has 0 radical (unpaired) electrons. The molecular formula is C17H29IN4O3S. The maximum atomic E-state index is 12.4. The molecule has 1 saturated heterocycles. The highest BCUT2D eigenvalue weighted by molar-refractivity contribution is 14.0. The number of nitrogens with two attached hydrogens (primary N) is 1. The highest BCUT2D eigenvalue weighted by Gasteiger charge is 2.30. The van der Waals surface area contributed by atoms with E-state index in [2.05, 4.69) is 10.3 Å². The van der Waals surface area contributed by atoms with Crippen LogP contribution in [0.15, 0.2) is 23.2 Å². The third kappa shape index (κ3) is 6.67. The number of anilines is 1. The van der Waals surface area contributed by atoms with Gasteiger partial charge < -0.3 is 15.8 Å². The van der Waals surface area contributed by atoms with E-state index in [1.807, 2.05) is 45.9 Å². The molecular weight excluding hydrogens is 467 g/mol. The van der Waals surface area contributed by atoms with Crippen LogP contribution < -0.4 is 11.1 Å². The summed E-state index contributed by atoms with van der Waals surface area (Å²) in [6, 6.07) is 5.89. The zero-order valence-corrected chi connectivity index (χ0v) is 18.9. The Balaban J connectivity index is 0.00000338. The summed E-state index contributed by atoms with van der Waals surface area (Å²) in [5.41, 5.74) is 9.04. The first kappa shape index (κ1) is 23.1. The van der Waals surface area contributed by atoms with Crippen LogP contribution >= 0.6 is 24.0 Å². The summed E-state index contributed by atoms with van der Waals surface area (Å²) in [7, 11) is -3.37. The topological polar surface area (TPSA) is 97.0 Å². The van der Waals surface area contributed by atoms with Gasteiger partial charge in [0.1, 0.15) is 0 Å². The van der Waals surface area contributed by atoms with E-state index >= 15 is 0 Å². The van der Waals surface area contributed by atoms with Crippen molar-refractivity contribution in [2.45, 2.75) is 39.9 Å². The van der Waals surface area contributed by atoms with Crippen molar-refractivity contribution in [2.75, 3.05) is 30.7 Å². The molecule has 1 aliphatic rings. The normalized spacial score (nSPS) is 21.9. The van der Waals surface area contributed by atoms with Gasteiger partial charge in [0, 0.05) is 18.8 Å². The molecule has 1 aliphatic heterocycles. The largest absolute Gasteiger partial charge is 0.373 e. The number of hydrogen-bond donors (Lipinski definition) is 2. The van der Waals surface area contributed by atoms with Gasteiger partial charge in [-0.3, -0.25) is 4.99 Å². The van der Waals surface area contributed by atoms with Gasteiger partial charge >= 0.3 is 0 Å². The Morgan fingerprint density at radius 1 is 1.27 bits per heavy atom. The molecule has 3 N–H and O–H groups in total. The van der Waals surface area contributed by atoms with Gasteiger partial charge in [-0.1, -0.05) is 6.07 Å². The monoisotopic (exact) mass is 496 g/mol. The number of nitrogens with one attached hydrogen (secondary N) is 1. The summed E-state index contributed by atoms with van der Waals surface area (Å²) in [6.07, 6.45) is -0.197. The number of aryl methyl sites for hydroxylation is 2. The van der Waals surface area contributed by atoms with Crippen molar-refractivity contribution in [1.82, 2.24) is 4.31 Å². The zero-order valence-electron chi connectivity index (χ0n) is 15.7. The van der Waals surface area contributed by atoms with E-state index in [0.29, 0.717) is 13.1 Å². The summed E-state index contributed by atoms with van der Waals surface area (Å²) in [5, 5.41) is 2.99. The lowest BCUT2D eigenvalue weighted by atomic mass is 10.1. The maximum absolute atomic E-state index is 12.4. The molecule has 0 spiro atoms. The molecule has 1 fully saturated rings. The summed E-state index contributed by atoms with van der Waals surface area (Å²) < 4.78 is 31.9. The second-order valence-corrected chi connectivity index (χ2v) is 8.67. The van der Waals surface area contributed by atoms with Crippen LogP contribution in [0, 0.1) is 13.8 Å². The Kier molecular flexibility index (Phi) is 8.77. The summed E-state index contributed by atoms with van der Waals surface area (Å²) in [5.74, 6) is 0.143. The van der Waals surface area contributed by atoms with Crippen molar-refractivity contribution < 1.29 is 13.2 Å². The standard InChI is InChI=1S/C17H28N4O3S.HI/c1-12-5-6-16(9-13(12)2)20-17(18)19-7-8-25(22,23)21-10-14(3)24-15(4)11-21;/h5-6,9,14-15H,7-8,10-11H2,1-4H3,(H3,18,19,20);1H. The lowest BCUT2D eigenvalue weighted by molar-refractivity contribution is -0.0440. The van der Waals surface area contributed by atoms with Crippen LogP contribution in [-0.2, 0) is 14.8 Å². The lowest BCUT2D eigenvalue weighted by Gasteiger charge is -2.34. The Morgan fingerprint density at radius 3 is 2.46 bits per heavy atom. The minimum atomic E-state index is -3.37. The van der Waals surface area contributed by atoms with E-state index in [0.717, 1.165) is 11.3 Å². The molecule has 148 valence electrons. The molecule has 0 aromatic heterocycles. The number of nitrogens with zero attached hydrogens (tertiary/aromatic N) is 2. The van der Waals surface area contributed by atoms with E-state index in [9.17, 15) is 8.42 Å². The third-order valence-electron chi connectivity index (χ3n) is 4.19. The van der Waals surface area contributed by atoms with Crippen molar-refractivity contribution in [2.24, 2.45) is 10.7 Å². The number of hydrogen-bond acceptors (Lipinski definition) is 4. The van der Waals surface area contributed by atoms with Gasteiger partial charge in [0.2, 0.25) is 10.0 Å². The minimum Gasteiger partial charge on any atom is -0.373 e. The first-order valence-corrected chi connectivity index (χ1v) is 10.1. The van der Waals surface area contributed by atoms with Gasteiger partial charge in [-0.05, 0) is 51.0 Å². The average molecular weight is 496 g/mol. The molecule has 1 aromatic rings. The van der Waals surface area contributed by atoms with E-state index in [-0.39, 0.29) is 54.4 Å². The van der Waals surface area contributed by atoms with Gasteiger partial charge in [0.05, 0.1) is 24.5 Å². The van der Waals surface area contributed by atoms with E-state index in [4.69, 9.17) is 10.5 Å². The first-order chi connectivity index (χ1) is 11.7. The van der Waals surface area contributed by atoms with Crippen LogP contribution in [0.25, 0.3) is 0 Å². The highest BCUT2D eigenvalue weighted by atomic mass is 127. The zero-order chi connectivity index (χ0) is 18.6. The number of guanidine groups is 1. The number of aliphatic imine (C=N–C) groups is 1. The van der Waals surface area contributed by atoms with E-state index in [1.165, 1.54) is 9.87 Å². The van der Waals surface area contributed by atoms with Gasteiger partial charge in [0.25, 0.3) is 0 Å². The van der Waals surface area contributed by atoms with Crippen LogP contribution in [-0.4, -0.2) is 56.3 Å². The highest BCUT2D eigenvalue weighted by Crippen LogP contribution is 2.15. The molecule has 9 heteroatoms. The van der Waals surface area contributed by atoms with Crippen LogP contribution in [0.4, 0.5) is 5.69 Å². The molecule has 2 unspecified atom stereocenters. The fourth-order valence-electron chi connectivity index (χ4n) is 2.77. The first-order valence-electron chi connectivity index (χ1n) is 8.45. The molecule has 7 nitrogen and oxygen atoms in total. The fraction of sp³-hybridized carbons (Fsp3) is 0.588. The predicted octanol–water partition coefficient (Wildman–Crippen LogP) is 2.09. The number of sulfonamides is 1. The van der Waals surface area contributed by atoms with E-state index in [1.54, 1.807) is 0 Å². The Labute approximate surface area is 173 Å². The second-order valence-electron chi connectivity index (χ2n) is 6.58. The molecule has 2 rings (SSSR count). The summed E-state index contributed by atoms with van der Waals surface area (Å²) in [4.78, 5) is 4.14. The number of ether oxygens (including phenoxy) is 1. The number of halogens is 1. The number of morpholine rings is 1. The second kappa shape index (κ2) is 9.86. The molecule has 0 saturated carbocycles. The Morgan fingerprint density at radius 2 is 1.88 bits per heavy atom. The van der Waals surface area contributed by atoms with Crippen LogP contribution in [0.2, 0.25) is 0 Å². The minimum absolute atomic E-state index is 0. The van der Waals surface area contributed by atoms with Crippen molar-refractivity contribution in [3.63, 3.8) is 0 Å². The number of benzene rings is 1. The lowest BCUT2D eigenvalue weighted by Crippen LogP contribution is -2.49. The molecule has 26 heavy (non-hydrogen) atoms. The quantitative estimate of drug-likeness (QED) is 0.370. The average Bonchev–Trinajstić information content (AvgIpc) is 2.50. The van der Waals surface area contributed by atoms with Gasteiger partial charge in [-0.2, -0.15) is 4.31 Å². The van der Waals surface area contributed by atoms with Crippen molar-refractivity contribution in [3.05, 3.63) is 29.3 Å². The molecule has 0 amide bonds. The third-order valence-corrected chi connectivity index (χ3v) is 5.97. The van der Waals surface area contributed by atoms with Crippen molar-refractivity contribution in [3.8, 4) is 0 Å². The molecule has 1 heterocycles. The Hall–Kier alpha value is -0.910. The van der Waals surface area contributed by atoms with Crippen molar-refractivity contribution in [1.29, 1.82) is 0 Å². The van der Waals surface area contributed by atoms with Crippen molar-refractivity contribution >= 4 is 45.6 Å². The summed E-state index contributed by atoms with van der Waals surface area (Å²) >= 11 is 0. The van der Waals surface area contributed by atoms with E-state index < -0.39 is 10.0 Å². The predicted molar refractivity (Wildman–Crippen MR) is 117 cm³/mol. The van der Waals surface area contributed by atoms with Crippen LogP contribution in [0.3, 0.4) is 0 Å².